The lowest BCUT2D eigenvalue weighted by Crippen LogP contribution is -2.35. The Bertz CT molecular complexity index is 483. The number of aliphatic carboxylic acids is 1. The van der Waals surface area contributed by atoms with Gasteiger partial charge in [-0.05, 0) is 12.5 Å². The van der Waals surface area contributed by atoms with E-state index in [4.69, 9.17) is 0 Å². The van der Waals surface area contributed by atoms with Gasteiger partial charge in [0.15, 0.2) is 11.2 Å². The Morgan fingerprint density at radius 1 is 1.38 bits per heavy atom. The highest BCUT2D eigenvalue weighted by molar-refractivity contribution is 5.84. The maximum atomic E-state index is 11.4. The zero-order valence-electron chi connectivity index (χ0n) is 8.58. The molecule has 82 valence electrons. The Hall–Kier alpha value is -2.24. The van der Waals surface area contributed by atoms with Gasteiger partial charge in [-0.3, -0.25) is 4.79 Å². The van der Waals surface area contributed by atoms with Crippen molar-refractivity contribution in [1.29, 1.82) is 0 Å². The summed E-state index contributed by atoms with van der Waals surface area (Å²) in [5.41, 5.74) is -0.669. The normalized spacial score (nSPS) is 14.3. The number of aromatic amines is 1. The van der Waals surface area contributed by atoms with E-state index in [1.807, 2.05) is 6.07 Å². The molecule has 2 N–H and O–H groups in total. The van der Waals surface area contributed by atoms with Crippen LogP contribution < -0.4 is 0 Å². The molecule has 1 aromatic carbocycles. The minimum absolute atomic E-state index is 0.145. The number of nitrogens with zero attached hydrogens (tertiary/aromatic N) is 3. The molecule has 0 fully saturated rings. The molecule has 0 bridgehead atoms. The first-order chi connectivity index (χ1) is 7.65. The van der Waals surface area contributed by atoms with Crippen molar-refractivity contribution in [1.82, 2.24) is 20.6 Å². The minimum Gasteiger partial charge on any atom is -0.480 e. The lowest BCUT2D eigenvalue weighted by atomic mass is 9.82. The molecular formula is C10H10N4O2. The fourth-order valence-corrected chi connectivity index (χ4v) is 1.49. The predicted molar refractivity (Wildman–Crippen MR) is 54.7 cm³/mol. The third-order valence-corrected chi connectivity index (χ3v) is 2.57. The number of nitrogens with one attached hydrogen (secondary N) is 1. The Balaban J connectivity index is 2.58. The quantitative estimate of drug-likeness (QED) is 0.786. The van der Waals surface area contributed by atoms with Crippen LogP contribution in [0.5, 0.6) is 0 Å². The summed E-state index contributed by atoms with van der Waals surface area (Å²) in [6.45, 7) is 1.55. The molecule has 0 aliphatic heterocycles. The van der Waals surface area contributed by atoms with Crippen molar-refractivity contribution < 1.29 is 9.90 Å². The van der Waals surface area contributed by atoms with Gasteiger partial charge in [-0.15, -0.1) is 10.2 Å². The molecule has 2 rings (SSSR count). The first-order valence-electron chi connectivity index (χ1n) is 4.68. The number of rotatable bonds is 3. The van der Waals surface area contributed by atoms with Crippen LogP contribution in [0.1, 0.15) is 18.3 Å². The minimum atomic E-state index is -1.28. The van der Waals surface area contributed by atoms with Crippen LogP contribution in [0.3, 0.4) is 0 Å². The molecule has 0 aliphatic rings. The Morgan fingerprint density at radius 3 is 2.56 bits per heavy atom. The second-order valence-electron chi connectivity index (χ2n) is 3.53. The first kappa shape index (κ1) is 10.3. The van der Waals surface area contributed by atoms with Gasteiger partial charge in [-0.1, -0.05) is 35.5 Å². The maximum Gasteiger partial charge on any atom is 0.321 e. The average molecular weight is 218 g/mol. The molecule has 0 aliphatic carbocycles. The maximum absolute atomic E-state index is 11.4. The van der Waals surface area contributed by atoms with Gasteiger partial charge in [-0.25, -0.2) is 0 Å². The zero-order valence-corrected chi connectivity index (χ0v) is 8.58. The molecule has 1 unspecified atom stereocenters. The van der Waals surface area contributed by atoms with E-state index in [0.29, 0.717) is 5.56 Å². The summed E-state index contributed by atoms with van der Waals surface area (Å²) in [5, 5.41) is 22.5. The van der Waals surface area contributed by atoms with Crippen molar-refractivity contribution in [3.63, 3.8) is 0 Å². The summed E-state index contributed by atoms with van der Waals surface area (Å²) < 4.78 is 0. The van der Waals surface area contributed by atoms with Gasteiger partial charge in [0, 0.05) is 0 Å². The number of benzene rings is 1. The van der Waals surface area contributed by atoms with Crippen molar-refractivity contribution in [2.24, 2.45) is 0 Å². The van der Waals surface area contributed by atoms with Crippen LogP contribution in [0.2, 0.25) is 0 Å². The molecule has 6 nitrogen and oxygen atoms in total. The molecule has 0 radical (unpaired) electrons. The van der Waals surface area contributed by atoms with E-state index in [2.05, 4.69) is 20.6 Å². The molecule has 1 heterocycles. The third-order valence-electron chi connectivity index (χ3n) is 2.57. The molecule has 1 aromatic heterocycles. The second kappa shape index (κ2) is 3.73. The highest BCUT2D eigenvalue weighted by atomic mass is 16.4. The number of H-pyrrole nitrogens is 1. The Labute approximate surface area is 91.3 Å². The Kier molecular flexibility index (Phi) is 2.40. The lowest BCUT2D eigenvalue weighted by molar-refractivity contribution is -0.141. The molecule has 6 heteroatoms. The van der Waals surface area contributed by atoms with Gasteiger partial charge in [0.1, 0.15) is 0 Å². The summed E-state index contributed by atoms with van der Waals surface area (Å²) >= 11 is 0. The second-order valence-corrected chi connectivity index (χ2v) is 3.53. The molecule has 16 heavy (non-hydrogen) atoms. The van der Waals surface area contributed by atoms with E-state index in [1.165, 1.54) is 0 Å². The summed E-state index contributed by atoms with van der Waals surface area (Å²) in [5.74, 6) is -0.869. The van der Waals surface area contributed by atoms with Crippen LogP contribution in [0.15, 0.2) is 30.3 Å². The molecule has 2 aromatic rings. The fourth-order valence-electron chi connectivity index (χ4n) is 1.49. The standard InChI is InChI=1S/C10H10N4O2/c1-10(9(15)16,8-11-13-14-12-8)7-5-3-2-4-6-7/h2-6H,1H3,(H,15,16)(H,11,12,13,14). The number of hydrogen-bond acceptors (Lipinski definition) is 4. The lowest BCUT2D eigenvalue weighted by Gasteiger charge is -2.20. The smallest absolute Gasteiger partial charge is 0.321 e. The summed E-state index contributed by atoms with van der Waals surface area (Å²) in [6.07, 6.45) is 0. The number of carbonyl (C=O) groups is 1. The zero-order chi connectivity index (χ0) is 11.6. The van der Waals surface area contributed by atoms with Crippen LogP contribution in [0.4, 0.5) is 0 Å². The average Bonchev–Trinajstić information content (AvgIpc) is 2.82. The number of carboxylic acids is 1. The first-order valence-corrected chi connectivity index (χ1v) is 4.68. The van der Waals surface area contributed by atoms with E-state index < -0.39 is 11.4 Å². The summed E-state index contributed by atoms with van der Waals surface area (Å²) in [4.78, 5) is 11.4. The van der Waals surface area contributed by atoms with E-state index in [1.54, 1.807) is 31.2 Å². The monoisotopic (exact) mass is 218 g/mol. The molecule has 0 amide bonds. The molecular weight excluding hydrogens is 208 g/mol. The topological polar surface area (TPSA) is 91.8 Å². The van der Waals surface area contributed by atoms with Gasteiger partial charge in [0.2, 0.25) is 0 Å². The predicted octanol–water partition coefficient (Wildman–Crippen LogP) is 0.590. The van der Waals surface area contributed by atoms with Crippen LogP contribution in [0.25, 0.3) is 0 Å². The summed E-state index contributed by atoms with van der Waals surface area (Å²) in [6, 6.07) is 8.82. The number of hydrogen-bond donors (Lipinski definition) is 2. The number of aromatic nitrogens is 4. The molecule has 0 spiro atoms. The van der Waals surface area contributed by atoms with Crippen LogP contribution in [-0.2, 0) is 10.2 Å². The van der Waals surface area contributed by atoms with Gasteiger partial charge in [0.05, 0.1) is 0 Å². The third kappa shape index (κ3) is 1.44. The van der Waals surface area contributed by atoms with E-state index in [-0.39, 0.29) is 5.82 Å². The van der Waals surface area contributed by atoms with Gasteiger partial charge < -0.3 is 5.11 Å². The van der Waals surface area contributed by atoms with Gasteiger partial charge in [-0.2, -0.15) is 5.21 Å². The summed E-state index contributed by atoms with van der Waals surface area (Å²) in [7, 11) is 0. The van der Waals surface area contributed by atoms with Crippen molar-refractivity contribution in [2.75, 3.05) is 0 Å². The Morgan fingerprint density at radius 2 is 2.06 bits per heavy atom. The van der Waals surface area contributed by atoms with Crippen molar-refractivity contribution in [3.8, 4) is 0 Å². The van der Waals surface area contributed by atoms with E-state index >= 15 is 0 Å². The van der Waals surface area contributed by atoms with Crippen molar-refractivity contribution in [3.05, 3.63) is 41.7 Å². The number of carboxylic acid groups (broad SMARTS) is 1. The van der Waals surface area contributed by atoms with Gasteiger partial charge >= 0.3 is 5.97 Å². The number of tetrazole rings is 1. The largest absolute Gasteiger partial charge is 0.480 e. The van der Waals surface area contributed by atoms with Crippen LogP contribution >= 0.6 is 0 Å². The highest BCUT2D eigenvalue weighted by Gasteiger charge is 2.41. The molecule has 0 saturated carbocycles. The molecule has 1 atom stereocenters. The molecule has 0 saturated heterocycles. The SMILES string of the molecule is CC(C(=O)O)(c1ccccc1)c1nn[nH]n1. The van der Waals surface area contributed by atoms with Crippen LogP contribution in [-0.4, -0.2) is 31.7 Å². The van der Waals surface area contributed by atoms with Crippen molar-refractivity contribution in [2.45, 2.75) is 12.3 Å². The van der Waals surface area contributed by atoms with Crippen LogP contribution in [0, 0.1) is 0 Å². The van der Waals surface area contributed by atoms with Crippen molar-refractivity contribution >= 4 is 5.97 Å². The van der Waals surface area contributed by atoms with E-state index in [9.17, 15) is 9.90 Å². The van der Waals surface area contributed by atoms with E-state index in [0.717, 1.165) is 0 Å². The highest BCUT2D eigenvalue weighted by Crippen LogP contribution is 2.28. The van der Waals surface area contributed by atoms with Gasteiger partial charge in [0.25, 0.3) is 0 Å². The fraction of sp³-hybridized carbons (Fsp3) is 0.200.